The van der Waals surface area contributed by atoms with Crippen LogP contribution < -0.4 is 15.8 Å². The molecule has 0 radical (unpaired) electrons. The molecule has 1 aliphatic rings. The smallest absolute Gasteiger partial charge is 0.351 e. The lowest BCUT2D eigenvalue weighted by Gasteiger charge is -2.17. The van der Waals surface area contributed by atoms with Crippen molar-refractivity contribution in [3.63, 3.8) is 0 Å². The fourth-order valence-corrected chi connectivity index (χ4v) is 2.58. The van der Waals surface area contributed by atoms with E-state index in [9.17, 15) is 19.3 Å². The Labute approximate surface area is 142 Å². The van der Waals surface area contributed by atoms with Crippen LogP contribution in [0.15, 0.2) is 30.6 Å². The van der Waals surface area contributed by atoms with Crippen molar-refractivity contribution in [1.82, 2.24) is 15.4 Å². The minimum absolute atomic E-state index is 0.114. The van der Waals surface area contributed by atoms with Crippen LogP contribution in [0.1, 0.15) is 23.2 Å². The van der Waals surface area contributed by atoms with Crippen molar-refractivity contribution in [1.29, 1.82) is 0 Å². The molecule has 0 spiro atoms. The molecule has 0 saturated carbocycles. The van der Waals surface area contributed by atoms with Crippen LogP contribution in [-0.4, -0.2) is 33.9 Å². The van der Waals surface area contributed by atoms with Crippen molar-refractivity contribution < 1.29 is 14.1 Å². The number of hydrogen-bond donors (Lipinski definition) is 2. The summed E-state index contributed by atoms with van der Waals surface area (Å²) in [6, 6.07) is 4.90. The third-order valence-corrected chi connectivity index (χ3v) is 3.79. The summed E-state index contributed by atoms with van der Waals surface area (Å²) in [7, 11) is 0. The monoisotopic (exact) mass is 346 g/mol. The number of nitrogens with zero attached hydrogens (tertiary/aromatic N) is 4. The number of rotatable bonds is 5. The molecular weight excluding hydrogens is 331 g/mol. The number of halogens is 1. The quantitative estimate of drug-likeness (QED) is 0.627. The molecule has 0 unspecified atom stereocenters. The molecule has 0 atom stereocenters. The van der Waals surface area contributed by atoms with Crippen LogP contribution in [0.5, 0.6) is 0 Å². The summed E-state index contributed by atoms with van der Waals surface area (Å²) in [5, 5.41) is 11.5. The van der Waals surface area contributed by atoms with Crippen LogP contribution in [0.2, 0.25) is 0 Å². The van der Waals surface area contributed by atoms with Gasteiger partial charge in [0.05, 0.1) is 4.92 Å². The Morgan fingerprint density at radius 2 is 1.88 bits per heavy atom. The number of amides is 1. The van der Waals surface area contributed by atoms with Crippen LogP contribution in [0.3, 0.4) is 0 Å². The summed E-state index contributed by atoms with van der Waals surface area (Å²) in [5.74, 6) is -0.935. The number of hydrogen-bond acceptors (Lipinski definition) is 7. The van der Waals surface area contributed by atoms with Crippen LogP contribution in [-0.2, 0) is 0 Å². The topological polar surface area (TPSA) is 113 Å². The molecule has 1 aliphatic heterocycles. The molecule has 3 rings (SSSR count). The summed E-state index contributed by atoms with van der Waals surface area (Å²) < 4.78 is 12.9. The molecule has 10 heteroatoms. The van der Waals surface area contributed by atoms with E-state index >= 15 is 0 Å². The summed E-state index contributed by atoms with van der Waals surface area (Å²) in [6.07, 6.45) is 3.07. The molecule has 130 valence electrons. The lowest BCUT2D eigenvalue weighted by molar-refractivity contribution is -0.383. The van der Waals surface area contributed by atoms with E-state index in [-0.39, 0.29) is 22.9 Å². The van der Waals surface area contributed by atoms with E-state index in [2.05, 4.69) is 20.8 Å². The molecule has 2 aromatic rings. The molecule has 1 aromatic heterocycles. The Hall–Kier alpha value is -3.30. The van der Waals surface area contributed by atoms with E-state index in [1.807, 2.05) is 4.90 Å². The highest BCUT2D eigenvalue weighted by molar-refractivity contribution is 5.95. The third-order valence-electron chi connectivity index (χ3n) is 3.79. The Morgan fingerprint density at radius 1 is 1.20 bits per heavy atom. The van der Waals surface area contributed by atoms with Gasteiger partial charge in [0.15, 0.2) is 0 Å². The van der Waals surface area contributed by atoms with Crippen molar-refractivity contribution in [2.24, 2.45) is 0 Å². The van der Waals surface area contributed by atoms with Crippen LogP contribution in [0, 0.1) is 15.9 Å². The van der Waals surface area contributed by atoms with Gasteiger partial charge in [0.25, 0.3) is 5.91 Å². The van der Waals surface area contributed by atoms with Gasteiger partial charge >= 0.3 is 5.69 Å². The number of hydrazine groups is 1. The highest BCUT2D eigenvalue weighted by atomic mass is 19.1. The van der Waals surface area contributed by atoms with Crippen molar-refractivity contribution in [3.8, 4) is 0 Å². The summed E-state index contributed by atoms with van der Waals surface area (Å²) in [4.78, 5) is 32.6. The summed E-state index contributed by atoms with van der Waals surface area (Å²) in [6.45, 7) is 1.36. The minimum atomic E-state index is -0.583. The van der Waals surface area contributed by atoms with Gasteiger partial charge in [-0.3, -0.25) is 25.8 Å². The van der Waals surface area contributed by atoms with Gasteiger partial charge < -0.3 is 4.90 Å². The second-order valence-corrected chi connectivity index (χ2v) is 5.43. The highest BCUT2D eigenvalue weighted by Gasteiger charge is 2.28. The van der Waals surface area contributed by atoms with E-state index in [4.69, 9.17) is 0 Å². The fourth-order valence-electron chi connectivity index (χ4n) is 2.58. The van der Waals surface area contributed by atoms with E-state index in [0.717, 1.165) is 25.0 Å². The number of carbonyl (C=O) groups is 1. The Kier molecular flexibility index (Phi) is 4.68. The number of anilines is 2. The standard InChI is InChI=1S/C15H15FN6O3/c16-11-5-3-10(4-6-11)15(23)20-19-13-12(22(24)25)14(18-9-17-13)21-7-1-2-8-21/h3-6,9H,1-2,7-8H2,(H,20,23)(H,17,18,19). The maximum Gasteiger partial charge on any atom is 0.355 e. The third kappa shape index (κ3) is 3.62. The Balaban J connectivity index is 1.79. The molecule has 1 aromatic carbocycles. The number of benzene rings is 1. The van der Waals surface area contributed by atoms with Crippen LogP contribution in [0.4, 0.5) is 21.7 Å². The summed E-state index contributed by atoms with van der Waals surface area (Å²) >= 11 is 0. The van der Waals surface area contributed by atoms with Gasteiger partial charge in [-0.15, -0.1) is 0 Å². The van der Waals surface area contributed by atoms with Crippen molar-refractivity contribution in [2.45, 2.75) is 12.8 Å². The first kappa shape index (κ1) is 16.6. The van der Waals surface area contributed by atoms with Crippen molar-refractivity contribution >= 4 is 23.2 Å². The largest absolute Gasteiger partial charge is 0.355 e. The number of nitrogens with one attached hydrogen (secondary N) is 2. The second kappa shape index (κ2) is 7.07. The molecule has 1 saturated heterocycles. The molecule has 2 N–H and O–H groups in total. The average molecular weight is 346 g/mol. The van der Waals surface area contributed by atoms with Crippen molar-refractivity contribution in [2.75, 3.05) is 23.4 Å². The van der Waals surface area contributed by atoms with E-state index in [1.54, 1.807) is 0 Å². The van der Waals surface area contributed by atoms with Gasteiger partial charge in [0.2, 0.25) is 11.6 Å². The molecule has 9 nitrogen and oxygen atoms in total. The molecule has 1 amide bonds. The summed E-state index contributed by atoms with van der Waals surface area (Å²) in [5.41, 5.74) is 4.68. The number of carbonyl (C=O) groups excluding carboxylic acids is 1. The SMILES string of the molecule is O=C(NNc1ncnc(N2CCCC2)c1[N+](=O)[O-])c1ccc(F)cc1. The molecule has 0 aliphatic carbocycles. The van der Waals surface area contributed by atoms with Gasteiger partial charge in [-0.25, -0.2) is 14.4 Å². The maximum absolute atomic E-state index is 12.9. The molecule has 25 heavy (non-hydrogen) atoms. The van der Waals surface area contributed by atoms with Gasteiger partial charge in [-0.1, -0.05) is 0 Å². The Morgan fingerprint density at radius 3 is 2.52 bits per heavy atom. The maximum atomic E-state index is 12.9. The zero-order valence-corrected chi connectivity index (χ0v) is 13.1. The molecule has 0 bridgehead atoms. The molecule has 2 heterocycles. The van der Waals surface area contributed by atoms with Gasteiger partial charge in [-0.05, 0) is 37.1 Å². The van der Waals surface area contributed by atoms with E-state index in [1.165, 1.54) is 18.5 Å². The second-order valence-electron chi connectivity index (χ2n) is 5.43. The highest BCUT2D eigenvalue weighted by Crippen LogP contribution is 2.33. The van der Waals surface area contributed by atoms with Gasteiger partial charge in [0, 0.05) is 18.7 Å². The average Bonchev–Trinajstić information content (AvgIpc) is 3.14. The first-order valence-electron chi connectivity index (χ1n) is 7.62. The van der Waals surface area contributed by atoms with E-state index < -0.39 is 16.6 Å². The number of nitro groups is 1. The first-order chi connectivity index (χ1) is 12.1. The van der Waals surface area contributed by atoms with Crippen LogP contribution in [0.25, 0.3) is 0 Å². The van der Waals surface area contributed by atoms with Gasteiger partial charge in [-0.2, -0.15) is 0 Å². The Bertz CT molecular complexity index is 792. The fraction of sp³-hybridized carbons (Fsp3) is 0.267. The zero-order chi connectivity index (χ0) is 17.8. The minimum Gasteiger partial charge on any atom is -0.351 e. The number of aromatic nitrogens is 2. The van der Waals surface area contributed by atoms with E-state index in [0.29, 0.717) is 13.1 Å². The van der Waals surface area contributed by atoms with Crippen LogP contribution >= 0.6 is 0 Å². The first-order valence-corrected chi connectivity index (χ1v) is 7.62. The van der Waals surface area contributed by atoms with Crippen molar-refractivity contribution in [3.05, 3.63) is 52.1 Å². The predicted molar refractivity (Wildman–Crippen MR) is 87.6 cm³/mol. The predicted octanol–water partition coefficient (Wildman–Crippen LogP) is 1.88. The lowest BCUT2D eigenvalue weighted by atomic mass is 10.2. The molecular formula is C15H15FN6O3. The lowest BCUT2D eigenvalue weighted by Crippen LogP contribution is -2.31. The normalized spacial score (nSPS) is 13.6. The molecule has 1 fully saturated rings. The van der Waals surface area contributed by atoms with Gasteiger partial charge in [0.1, 0.15) is 12.1 Å². The zero-order valence-electron chi connectivity index (χ0n) is 13.1.